The molecular weight excluding hydrogens is 200 g/mol. The van der Waals surface area contributed by atoms with Crippen molar-refractivity contribution in [3.63, 3.8) is 0 Å². The van der Waals surface area contributed by atoms with Gasteiger partial charge in [0, 0.05) is 19.6 Å². The molecule has 0 aromatic rings. The summed E-state index contributed by atoms with van der Waals surface area (Å²) in [4.78, 5) is 2.15. The van der Waals surface area contributed by atoms with Crippen molar-refractivity contribution in [2.45, 2.75) is 19.1 Å². The van der Waals surface area contributed by atoms with Crippen LogP contribution in [-0.4, -0.2) is 50.5 Å². The Bertz CT molecular complexity index is 269. The van der Waals surface area contributed by atoms with Crippen LogP contribution in [0.2, 0.25) is 0 Å². The largest absolute Gasteiger partial charge is 0.330 e. The zero-order valence-corrected chi connectivity index (χ0v) is 9.76. The highest BCUT2D eigenvalue weighted by molar-refractivity contribution is 7.92. The number of nitrogens with zero attached hydrogens (tertiary/aromatic N) is 1. The Labute approximate surface area is 86.4 Å². The summed E-state index contributed by atoms with van der Waals surface area (Å²) in [5.41, 5.74) is 5.48. The minimum absolute atomic E-state index is 0.255. The van der Waals surface area contributed by atoms with Gasteiger partial charge in [0.25, 0.3) is 0 Å². The van der Waals surface area contributed by atoms with Gasteiger partial charge in [0.05, 0.1) is 11.0 Å². The van der Waals surface area contributed by atoms with E-state index in [0.717, 1.165) is 13.1 Å². The minimum atomic E-state index is -2.87. The topological polar surface area (TPSA) is 63.4 Å². The molecule has 4 nitrogen and oxygen atoms in total. The lowest BCUT2D eigenvalue weighted by Gasteiger charge is -2.38. The highest BCUT2D eigenvalue weighted by Crippen LogP contribution is 2.14. The molecule has 84 valence electrons. The third-order valence-corrected chi connectivity index (χ3v) is 4.96. The van der Waals surface area contributed by atoms with Crippen LogP contribution in [0.25, 0.3) is 0 Å². The van der Waals surface area contributed by atoms with Crippen molar-refractivity contribution >= 4 is 9.84 Å². The SMILES string of the molecule is CC(C)S(=O)(=O)CCN1CC(CN)C1. The molecule has 1 heterocycles. The lowest BCUT2D eigenvalue weighted by Crippen LogP contribution is -2.51. The van der Waals surface area contributed by atoms with Crippen LogP contribution in [0.1, 0.15) is 13.8 Å². The second-order valence-electron chi connectivity index (χ2n) is 4.28. The lowest BCUT2D eigenvalue weighted by atomic mass is 10.0. The van der Waals surface area contributed by atoms with Gasteiger partial charge in [-0.25, -0.2) is 8.42 Å². The molecule has 0 aromatic carbocycles. The maximum absolute atomic E-state index is 11.5. The molecule has 0 bridgehead atoms. The molecule has 0 aliphatic carbocycles. The first kappa shape index (κ1) is 11.9. The second kappa shape index (κ2) is 4.59. The highest BCUT2D eigenvalue weighted by atomic mass is 32.2. The zero-order chi connectivity index (χ0) is 10.8. The Hall–Kier alpha value is -0.130. The van der Waals surface area contributed by atoms with Gasteiger partial charge in [-0.2, -0.15) is 0 Å². The van der Waals surface area contributed by atoms with E-state index in [1.165, 1.54) is 0 Å². The standard InChI is InChI=1S/C9H20N2O2S/c1-8(2)14(12,13)4-3-11-6-9(5-10)7-11/h8-9H,3-7,10H2,1-2H3. The molecule has 0 amide bonds. The zero-order valence-electron chi connectivity index (χ0n) is 8.94. The summed E-state index contributed by atoms with van der Waals surface area (Å²) in [5.74, 6) is 0.860. The average Bonchev–Trinajstić information content (AvgIpc) is 2.01. The summed E-state index contributed by atoms with van der Waals surface area (Å²) in [7, 11) is -2.87. The second-order valence-corrected chi connectivity index (χ2v) is 6.95. The van der Waals surface area contributed by atoms with Crippen molar-refractivity contribution in [3.8, 4) is 0 Å². The van der Waals surface area contributed by atoms with Crippen molar-refractivity contribution in [3.05, 3.63) is 0 Å². The van der Waals surface area contributed by atoms with E-state index >= 15 is 0 Å². The summed E-state index contributed by atoms with van der Waals surface area (Å²) >= 11 is 0. The van der Waals surface area contributed by atoms with Gasteiger partial charge < -0.3 is 10.6 Å². The van der Waals surface area contributed by atoms with E-state index in [-0.39, 0.29) is 11.0 Å². The monoisotopic (exact) mass is 220 g/mol. The number of likely N-dealkylation sites (tertiary alicyclic amines) is 1. The predicted octanol–water partition coefficient (Wildman–Crippen LogP) is -0.300. The predicted molar refractivity (Wildman–Crippen MR) is 57.9 cm³/mol. The molecule has 1 fully saturated rings. The first-order valence-corrected chi connectivity index (χ1v) is 6.81. The van der Waals surface area contributed by atoms with Gasteiger partial charge in [0.1, 0.15) is 0 Å². The molecule has 1 aliphatic heterocycles. The summed E-state index contributed by atoms with van der Waals surface area (Å²) < 4.78 is 22.9. The molecule has 0 aromatic heterocycles. The van der Waals surface area contributed by atoms with E-state index in [1.807, 2.05) is 0 Å². The molecule has 0 radical (unpaired) electrons. The maximum Gasteiger partial charge on any atom is 0.153 e. The van der Waals surface area contributed by atoms with E-state index in [4.69, 9.17) is 5.73 Å². The van der Waals surface area contributed by atoms with Crippen molar-refractivity contribution in [1.82, 2.24) is 4.90 Å². The Morgan fingerprint density at radius 2 is 2.00 bits per heavy atom. The molecule has 0 saturated carbocycles. The molecule has 1 aliphatic rings. The van der Waals surface area contributed by atoms with Crippen molar-refractivity contribution in [2.24, 2.45) is 11.7 Å². The van der Waals surface area contributed by atoms with Crippen LogP contribution in [-0.2, 0) is 9.84 Å². The fourth-order valence-electron chi connectivity index (χ4n) is 1.50. The van der Waals surface area contributed by atoms with E-state index < -0.39 is 9.84 Å². The fourth-order valence-corrected chi connectivity index (χ4v) is 2.48. The summed E-state index contributed by atoms with van der Waals surface area (Å²) in [6, 6.07) is 0. The van der Waals surface area contributed by atoms with Crippen molar-refractivity contribution < 1.29 is 8.42 Å². The molecule has 2 N–H and O–H groups in total. The van der Waals surface area contributed by atoms with Gasteiger partial charge in [-0.1, -0.05) is 0 Å². The van der Waals surface area contributed by atoms with Crippen LogP contribution in [0.15, 0.2) is 0 Å². The van der Waals surface area contributed by atoms with Crippen LogP contribution < -0.4 is 5.73 Å². The van der Waals surface area contributed by atoms with Gasteiger partial charge in [-0.05, 0) is 26.3 Å². The van der Waals surface area contributed by atoms with Crippen LogP contribution in [0, 0.1) is 5.92 Å². The van der Waals surface area contributed by atoms with E-state index in [9.17, 15) is 8.42 Å². The van der Waals surface area contributed by atoms with Crippen molar-refractivity contribution in [1.29, 1.82) is 0 Å². The minimum Gasteiger partial charge on any atom is -0.330 e. The third-order valence-electron chi connectivity index (χ3n) is 2.78. The summed E-state index contributed by atoms with van der Waals surface area (Å²) in [6.45, 7) is 6.76. The van der Waals surface area contributed by atoms with Gasteiger partial charge in [-0.3, -0.25) is 0 Å². The Morgan fingerprint density at radius 3 is 2.43 bits per heavy atom. The highest BCUT2D eigenvalue weighted by Gasteiger charge is 2.26. The van der Waals surface area contributed by atoms with Gasteiger partial charge in [-0.15, -0.1) is 0 Å². The fraction of sp³-hybridized carbons (Fsp3) is 1.00. The molecule has 0 atom stereocenters. The first-order valence-electron chi connectivity index (χ1n) is 5.09. The normalized spacial score (nSPS) is 20.0. The Morgan fingerprint density at radius 1 is 1.43 bits per heavy atom. The smallest absolute Gasteiger partial charge is 0.153 e. The first-order chi connectivity index (χ1) is 6.45. The third kappa shape index (κ3) is 2.93. The van der Waals surface area contributed by atoms with Crippen LogP contribution in [0.3, 0.4) is 0 Å². The molecule has 0 unspecified atom stereocenters. The van der Waals surface area contributed by atoms with Gasteiger partial charge >= 0.3 is 0 Å². The van der Waals surface area contributed by atoms with Crippen LogP contribution in [0.4, 0.5) is 0 Å². The van der Waals surface area contributed by atoms with Crippen LogP contribution >= 0.6 is 0 Å². The van der Waals surface area contributed by atoms with E-state index in [0.29, 0.717) is 19.0 Å². The molecule has 0 spiro atoms. The lowest BCUT2D eigenvalue weighted by molar-refractivity contribution is 0.114. The number of nitrogens with two attached hydrogens (primary N) is 1. The average molecular weight is 220 g/mol. The Kier molecular flexibility index (Phi) is 3.92. The van der Waals surface area contributed by atoms with E-state index in [1.54, 1.807) is 13.8 Å². The molecule has 1 rings (SSSR count). The molecule has 14 heavy (non-hydrogen) atoms. The quantitative estimate of drug-likeness (QED) is 0.691. The van der Waals surface area contributed by atoms with E-state index in [2.05, 4.69) is 4.90 Å². The number of hydrogen-bond donors (Lipinski definition) is 1. The maximum atomic E-state index is 11.5. The summed E-state index contributed by atoms with van der Waals surface area (Å²) in [5, 5.41) is -0.255. The Balaban J connectivity index is 2.23. The molecule has 5 heteroatoms. The van der Waals surface area contributed by atoms with Crippen LogP contribution in [0.5, 0.6) is 0 Å². The summed E-state index contributed by atoms with van der Waals surface area (Å²) in [6.07, 6.45) is 0. The molecular formula is C9H20N2O2S. The number of sulfone groups is 1. The van der Waals surface area contributed by atoms with Gasteiger partial charge in [0.2, 0.25) is 0 Å². The number of hydrogen-bond acceptors (Lipinski definition) is 4. The van der Waals surface area contributed by atoms with Gasteiger partial charge in [0.15, 0.2) is 9.84 Å². The van der Waals surface area contributed by atoms with Crippen molar-refractivity contribution in [2.75, 3.05) is 31.9 Å². The number of rotatable bonds is 5. The molecule has 1 saturated heterocycles.